The Morgan fingerprint density at radius 2 is 0.623 bits per heavy atom. The lowest BCUT2D eigenvalue weighted by Gasteiger charge is -2.12. The van der Waals surface area contributed by atoms with Gasteiger partial charge in [-0.2, -0.15) is 4.98 Å². The van der Waals surface area contributed by atoms with Crippen LogP contribution in [0.25, 0.3) is 312 Å². The molecule has 0 aliphatic heterocycles. The molecule has 0 aliphatic carbocycles. The maximum absolute atomic E-state index is 7.66. The van der Waals surface area contributed by atoms with Gasteiger partial charge >= 0.3 is 0 Å². The molecule has 0 N–H and O–H groups in total. The fourth-order valence-corrected chi connectivity index (χ4v) is 25.7. The maximum Gasteiger partial charge on any atom is 0.237 e. The van der Waals surface area contributed by atoms with Crippen molar-refractivity contribution in [1.82, 2.24) is 65.9 Å². The van der Waals surface area contributed by atoms with Gasteiger partial charge in [0.05, 0.1) is 153 Å². The Hall–Kier alpha value is -20.2. The molecule has 0 aliphatic rings. The van der Waals surface area contributed by atoms with Crippen LogP contribution in [0.5, 0.6) is 0 Å². The van der Waals surface area contributed by atoms with Gasteiger partial charge in [-0.25, -0.2) is 19.8 Å². The third kappa shape index (κ3) is 10.5. The summed E-state index contributed by atoms with van der Waals surface area (Å²) in [6.07, 6.45) is 11.7. The predicted molar refractivity (Wildman–Crippen MR) is 603 cm³/mol. The van der Waals surface area contributed by atoms with Crippen LogP contribution in [0.2, 0.25) is 0 Å². The van der Waals surface area contributed by atoms with E-state index in [2.05, 4.69) is 422 Å². The molecule has 15 nitrogen and oxygen atoms in total. The number of aromatic nitrogens is 14. The molecule has 0 amide bonds. The summed E-state index contributed by atoms with van der Waals surface area (Å²) in [5.74, 6) is 1.43. The predicted octanol–water partition coefficient (Wildman–Crippen LogP) is 33.2. The number of hydrogen-bond acceptors (Lipinski definition) is 6. The standard InChI is InChI=1S/C45H26N4.C44H25N5.C42H22N6/c1-2-13-28(14-3-1)47-36-20-10-7-17-31(36)42-39(47)25-46-26-40(42)49-38-23-22-27-12-4-5-15-29(27)41(38)34-24-33-30-16-6-9-19-35(30)48-37-21-11-8-18-32(37)43(44(33)48)45(34)49;1-2-10-28-26(9-1)17-19-38-41(28)34-23-33-30-12-4-7-15-36(30)48-37-16-8-5-13-32(37)42(43(33)48)44(34)49(38)40-20-18-27(24-46-40)47-35-14-6-3-11-29(35)31-21-22-45-25-39(31)47;1-43-26-12-8-11-25(22-26)38-30-16-9-21-44-41(30)46-42(45-38)48-35-20-19-24-10-2-3-13-27(24)36(35)32-23-31-28-14-4-6-17-33(28)47-34-18-7-5-15-29(34)37(39(31)47)40(32)48/h1-26H;1-25H;2-23H. The second-order valence-corrected chi connectivity index (χ2v) is 38.6. The van der Waals surface area contributed by atoms with Gasteiger partial charge in [0.25, 0.3) is 0 Å². The van der Waals surface area contributed by atoms with Crippen LogP contribution in [-0.4, -0.2) is 65.9 Å². The van der Waals surface area contributed by atoms with Gasteiger partial charge in [0, 0.05) is 142 Å². The van der Waals surface area contributed by atoms with Gasteiger partial charge in [0.2, 0.25) is 5.95 Å². The van der Waals surface area contributed by atoms with Crippen molar-refractivity contribution in [2.45, 2.75) is 0 Å². The first-order valence-electron chi connectivity index (χ1n) is 49.4. The molecular weight excluding hydrogens is 1780 g/mol. The summed E-state index contributed by atoms with van der Waals surface area (Å²) >= 11 is 0. The molecule has 0 bridgehead atoms. The Morgan fingerprint density at radius 1 is 0.212 bits per heavy atom. The van der Waals surface area contributed by atoms with E-state index in [0.29, 0.717) is 17.3 Å². The third-order valence-corrected chi connectivity index (χ3v) is 31.4. The molecule has 16 heterocycles. The minimum atomic E-state index is 0.544. The highest BCUT2D eigenvalue weighted by Crippen LogP contribution is 2.54. The quantitative estimate of drug-likeness (QED) is 0.153. The van der Waals surface area contributed by atoms with Crippen molar-refractivity contribution in [3.05, 3.63) is 455 Å². The van der Waals surface area contributed by atoms with E-state index in [0.717, 1.165) is 78.0 Å². The molecule has 0 spiro atoms. The number of pyridine rings is 4. The Labute approximate surface area is 827 Å². The molecule has 19 aromatic carbocycles. The zero-order valence-corrected chi connectivity index (χ0v) is 77.9. The lowest BCUT2D eigenvalue weighted by Crippen LogP contribution is -2.04. The SMILES string of the molecule is [C-]#[N+]c1cccc(-c2nc(-n3c4ccc5ccccc5c4c4cc5c6ccccc6n6c7ccccc7c(c43)c56)nc3ncccc23)c1.c1ccc(-n2c3ccccc3c3c(-n4c5ccc6ccccc6c5c5cc6c7ccccc7n7c8ccccc8c(c54)c67)cncc32)cc1.c1ccc2c(c1)ccc1c2c2cc3c4ccccc4n4c5ccccc5c(c2n1-c1ccc(-n2c5ccccc5c5ccncc52)cn1)c34. The minimum absolute atomic E-state index is 0.544. The van der Waals surface area contributed by atoms with Crippen molar-refractivity contribution >= 4 is 272 Å². The minimum Gasteiger partial charge on any atom is -0.308 e. The largest absolute Gasteiger partial charge is 0.308 e. The first-order chi connectivity index (χ1) is 72.5. The average Bonchev–Trinajstić information content (AvgIpc) is 1.51. The van der Waals surface area contributed by atoms with E-state index in [1.807, 2.05) is 61.2 Å². The number of fused-ring (bicyclic) bond motifs is 43. The summed E-state index contributed by atoms with van der Waals surface area (Å²) in [5, 5.41) is 35.4. The monoisotopic (exact) mass is 1860 g/mol. The van der Waals surface area contributed by atoms with E-state index in [1.165, 1.54) is 217 Å². The molecule has 146 heavy (non-hydrogen) atoms. The van der Waals surface area contributed by atoms with Gasteiger partial charge in [0.15, 0.2) is 11.3 Å². The highest BCUT2D eigenvalue weighted by molar-refractivity contribution is 6.41. The fourth-order valence-electron chi connectivity index (χ4n) is 25.7. The van der Waals surface area contributed by atoms with Crippen molar-refractivity contribution in [2.75, 3.05) is 0 Å². The lowest BCUT2D eigenvalue weighted by atomic mass is 10.0. The van der Waals surface area contributed by atoms with E-state index in [1.54, 1.807) is 6.20 Å². The van der Waals surface area contributed by atoms with Crippen molar-refractivity contribution in [3.8, 4) is 40.1 Å². The third-order valence-electron chi connectivity index (χ3n) is 31.4. The summed E-state index contributed by atoms with van der Waals surface area (Å²) in [4.78, 5) is 33.7. The second kappa shape index (κ2) is 29.5. The number of benzene rings is 19. The van der Waals surface area contributed by atoms with Crippen LogP contribution >= 0.6 is 0 Å². The summed E-state index contributed by atoms with van der Waals surface area (Å²) in [5.41, 5.74) is 28.3. The van der Waals surface area contributed by atoms with Gasteiger partial charge in [-0.1, -0.05) is 273 Å². The van der Waals surface area contributed by atoms with Gasteiger partial charge in [-0.15, -0.1) is 0 Å². The Morgan fingerprint density at radius 3 is 1.14 bits per heavy atom. The van der Waals surface area contributed by atoms with E-state index < -0.39 is 0 Å². The van der Waals surface area contributed by atoms with Crippen LogP contribution in [0.3, 0.4) is 0 Å². The smallest absolute Gasteiger partial charge is 0.237 e. The molecule has 35 rings (SSSR count). The highest BCUT2D eigenvalue weighted by atomic mass is 15.2. The molecule has 0 saturated carbocycles. The Kier molecular flexibility index (Phi) is 15.9. The molecule has 672 valence electrons. The van der Waals surface area contributed by atoms with Crippen LogP contribution in [-0.2, 0) is 0 Å². The Balaban J connectivity index is 0.0000000958. The summed E-state index contributed by atoms with van der Waals surface area (Å²) in [7, 11) is 0. The fraction of sp³-hybridized carbons (Fsp3) is 0. The summed E-state index contributed by atoms with van der Waals surface area (Å²) in [6, 6.07) is 146. The topological polar surface area (TPSA) is 120 Å². The number of rotatable bonds is 6. The zero-order chi connectivity index (χ0) is 95.1. The molecule has 16 aromatic heterocycles. The van der Waals surface area contributed by atoms with Crippen molar-refractivity contribution < 1.29 is 0 Å². The van der Waals surface area contributed by atoms with E-state index in [4.69, 9.17) is 31.5 Å². The van der Waals surface area contributed by atoms with Crippen molar-refractivity contribution in [2.24, 2.45) is 0 Å². The number of hydrogen-bond donors (Lipinski definition) is 0. The van der Waals surface area contributed by atoms with Crippen LogP contribution in [0.4, 0.5) is 5.69 Å². The van der Waals surface area contributed by atoms with Crippen molar-refractivity contribution in [1.29, 1.82) is 0 Å². The zero-order valence-electron chi connectivity index (χ0n) is 77.9. The molecule has 0 atom stereocenters. The number of para-hydroxylation sites is 9. The van der Waals surface area contributed by atoms with Crippen molar-refractivity contribution in [3.63, 3.8) is 0 Å². The first-order valence-corrected chi connectivity index (χ1v) is 49.4. The van der Waals surface area contributed by atoms with Gasteiger partial charge in [0.1, 0.15) is 5.82 Å². The normalized spacial score (nSPS) is 12.4. The number of nitrogens with zero attached hydrogens (tertiary/aromatic N) is 15. The van der Waals surface area contributed by atoms with E-state index in [-0.39, 0.29) is 0 Å². The lowest BCUT2D eigenvalue weighted by molar-refractivity contribution is 1.01. The van der Waals surface area contributed by atoms with Gasteiger partial charge in [-0.3, -0.25) is 19.1 Å². The molecule has 35 aromatic rings. The molecule has 0 fully saturated rings. The molecule has 0 radical (unpaired) electrons. The van der Waals surface area contributed by atoms with Gasteiger partial charge in [-0.05, 0) is 171 Å². The molecule has 0 unspecified atom stereocenters. The van der Waals surface area contributed by atoms with Crippen LogP contribution in [0.15, 0.2) is 444 Å². The molecule has 0 saturated heterocycles. The average molecular weight is 1860 g/mol. The first kappa shape index (κ1) is 78.7. The summed E-state index contributed by atoms with van der Waals surface area (Å²) < 4.78 is 19.1. The van der Waals surface area contributed by atoms with Crippen LogP contribution < -0.4 is 0 Å². The highest BCUT2D eigenvalue weighted by Gasteiger charge is 2.33. The Bertz CT molecular complexity index is 11900. The maximum atomic E-state index is 7.66. The van der Waals surface area contributed by atoms with Gasteiger partial charge < -0.3 is 26.9 Å². The van der Waals surface area contributed by atoms with E-state index in [9.17, 15) is 0 Å². The van der Waals surface area contributed by atoms with Crippen LogP contribution in [0.1, 0.15) is 0 Å². The molecular formula is C131H73N15. The molecule has 15 heteroatoms. The van der Waals surface area contributed by atoms with Crippen LogP contribution in [0, 0.1) is 6.57 Å². The summed E-state index contributed by atoms with van der Waals surface area (Å²) in [6.45, 7) is 7.66. The van der Waals surface area contributed by atoms with E-state index >= 15 is 0 Å². The second-order valence-electron chi connectivity index (χ2n) is 38.6.